The highest BCUT2D eigenvalue weighted by Gasteiger charge is 2.46. The number of aromatic nitrogens is 3. The Morgan fingerprint density at radius 3 is 2.64 bits per heavy atom. The van der Waals surface area contributed by atoms with Gasteiger partial charge < -0.3 is 20.9 Å². The fraction of sp³-hybridized carbons (Fsp3) is 0.188. The Balaban J connectivity index is 1.51. The van der Waals surface area contributed by atoms with Crippen LogP contribution < -0.4 is 15.8 Å². The van der Waals surface area contributed by atoms with Gasteiger partial charge in [0.05, 0.1) is 29.0 Å². The SMILES string of the molecule is Cc1cc(C(=O)NC[C@@](O)(c2ccccc2)c2cc3c(c(-c4cc(Cl)c(F)cc4F)n2)OC[C@]3(C)C(N)=O)cc2cn[nH]c12. The topological polar surface area (TPSA) is 143 Å². The standard InChI is InChI=1S/C32H26ClF2N5O4/c1-16-8-17(9-18-13-38-40-26(16)18)29(41)37-14-32(43,19-6-4-3-5-7-19)25-11-21-28(44-15-31(21,2)30(36)42)27(39-25)20-10-22(33)24(35)12-23(20)34/h3-13,43H,14-15H2,1-2H3,(H2,36,42)(H,37,41)(H,38,40)/t31-,32+/m0/s1. The zero-order chi connectivity index (χ0) is 31.4. The molecule has 6 rings (SSSR count). The van der Waals surface area contributed by atoms with E-state index < -0.39 is 34.5 Å². The summed E-state index contributed by atoms with van der Waals surface area (Å²) in [6.45, 7) is 2.85. The van der Waals surface area contributed by atoms with E-state index in [4.69, 9.17) is 22.1 Å². The zero-order valence-corrected chi connectivity index (χ0v) is 24.3. The summed E-state index contributed by atoms with van der Waals surface area (Å²) in [7, 11) is 0. The van der Waals surface area contributed by atoms with Gasteiger partial charge in [0.1, 0.15) is 40.7 Å². The number of H-pyrrole nitrogens is 1. The molecule has 0 saturated carbocycles. The van der Waals surface area contributed by atoms with Crippen LogP contribution in [0.4, 0.5) is 8.78 Å². The van der Waals surface area contributed by atoms with E-state index in [1.54, 1.807) is 55.6 Å². The van der Waals surface area contributed by atoms with Crippen molar-refractivity contribution in [2.75, 3.05) is 13.2 Å². The number of fused-ring (bicyclic) bond motifs is 2. The second-order valence-corrected chi connectivity index (χ2v) is 11.4. The molecule has 0 spiro atoms. The first-order valence-electron chi connectivity index (χ1n) is 13.6. The molecule has 0 saturated heterocycles. The van der Waals surface area contributed by atoms with Crippen molar-refractivity contribution in [3.63, 3.8) is 0 Å². The lowest BCUT2D eigenvalue weighted by Crippen LogP contribution is -2.43. The average Bonchev–Trinajstić information content (AvgIpc) is 3.63. The molecule has 224 valence electrons. The van der Waals surface area contributed by atoms with E-state index in [-0.39, 0.29) is 46.4 Å². The fourth-order valence-electron chi connectivity index (χ4n) is 5.42. The largest absolute Gasteiger partial charge is 0.489 e. The minimum atomic E-state index is -2.00. The molecule has 44 heavy (non-hydrogen) atoms. The van der Waals surface area contributed by atoms with Crippen molar-refractivity contribution in [2.45, 2.75) is 24.9 Å². The molecule has 12 heteroatoms. The number of primary amides is 1. The van der Waals surface area contributed by atoms with Gasteiger partial charge in [0.15, 0.2) is 0 Å². The molecule has 0 radical (unpaired) electrons. The minimum absolute atomic E-state index is 0.0416. The summed E-state index contributed by atoms with van der Waals surface area (Å²) in [6, 6.07) is 14.9. The molecule has 1 aliphatic heterocycles. The first-order chi connectivity index (χ1) is 20.9. The molecule has 2 amide bonds. The lowest BCUT2D eigenvalue weighted by Gasteiger charge is -2.30. The highest BCUT2D eigenvalue weighted by molar-refractivity contribution is 6.31. The molecule has 9 nitrogen and oxygen atoms in total. The Labute approximate surface area is 255 Å². The van der Waals surface area contributed by atoms with Crippen molar-refractivity contribution in [3.05, 3.63) is 111 Å². The van der Waals surface area contributed by atoms with Crippen LogP contribution in [0.5, 0.6) is 5.75 Å². The van der Waals surface area contributed by atoms with Crippen molar-refractivity contribution in [2.24, 2.45) is 5.73 Å². The number of nitrogens with one attached hydrogen (secondary N) is 2. The molecular formula is C32H26ClF2N5O4. The molecule has 2 atom stereocenters. The van der Waals surface area contributed by atoms with Gasteiger partial charge in [-0.2, -0.15) is 5.10 Å². The second kappa shape index (κ2) is 10.7. The predicted octanol–water partition coefficient (Wildman–Crippen LogP) is 4.67. The number of ether oxygens (including phenoxy) is 1. The molecule has 0 unspecified atom stereocenters. The Morgan fingerprint density at radius 1 is 1.16 bits per heavy atom. The van der Waals surface area contributed by atoms with E-state index in [0.29, 0.717) is 17.2 Å². The number of rotatable bonds is 7. The highest BCUT2D eigenvalue weighted by atomic mass is 35.5. The number of aliphatic hydroxyl groups is 1. The molecule has 1 aliphatic rings. The number of aryl methyl sites for hydroxylation is 1. The number of hydrogen-bond donors (Lipinski definition) is 4. The van der Waals surface area contributed by atoms with Crippen LogP contribution in [0.15, 0.2) is 66.9 Å². The van der Waals surface area contributed by atoms with Crippen LogP contribution in [0.25, 0.3) is 22.2 Å². The molecule has 3 heterocycles. The fourth-order valence-corrected chi connectivity index (χ4v) is 5.58. The van der Waals surface area contributed by atoms with E-state index >= 15 is 4.39 Å². The summed E-state index contributed by atoms with van der Waals surface area (Å²) in [6.07, 6.45) is 1.61. The number of amides is 2. The van der Waals surface area contributed by atoms with Crippen LogP contribution in [0.2, 0.25) is 5.02 Å². The summed E-state index contributed by atoms with van der Waals surface area (Å²) in [5.74, 6) is -3.13. The Kier molecular flexibility index (Phi) is 7.10. The predicted molar refractivity (Wildman–Crippen MR) is 159 cm³/mol. The molecule has 5 aromatic rings. The lowest BCUT2D eigenvalue weighted by molar-refractivity contribution is -0.123. The van der Waals surface area contributed by atoms with Gasteiger partial charge in [-0.15, -0.1) is 0 Å². The van der Waals surface area contributed by atoms with Crippen LogP contribution in [-0.4, -0.2) is 45.3 Å². The van der Waals surface area contributed by atoms with E-state index in [1.165, 1.54) is 6.07 Å². The van der Waals surface area contributed by atoms with Gasteiger partial charge in [-0.1, -0.05) is 41.9 Å². The van der Waals surface area contributed by atoms with Crippen molar-refractivity contribution >= 4 is 34.3 Å². The Morgan fingerprint density at radius 2 is 1.91 bits per heavy atom. The number of nitrogens with zero attached hydrogens (tertiary/aromatic N) is 2. The third-order valence-electron chi connectivity index (χ3n) is 8.07. The van der Waals surface area contributed by atoms with E-state index in [9.17, 15) is 19.1 Å². The lowest BCUT2D eigenvalue weighted by atomic mass is 9.80. The van der Waals surface area contributed by atoms with E-state index in [2.05, 4.69) is 20.5 Å². The van der Waals surface area contributed by atoms with Crippen LogP contribution >= 0.6 is 11.6 Å². The van der Waals surface area contributed by atoms with Crippen LogP contribution in [0.3, 0.4) is 0 Å². The number of aromatic amines is 1. The van der Waals surface area contributed by atoms with Gasteiger partial charge in [-0.3, -0.25) is 14.7 Å². The monoisotopic (exact) mass is 617 g/mol. The van der Waals surface area contributed by atoms with Gasteiger partial charge in [0, 0.05) is 28.1 Å². The number of carbonyl (C=O) groups excluding carboxylic acids is 2. The quantitative estimate of drug-likeness (QED) is 0.196. The third-order valence-corrected chi connectivity index (χ3v) is 8.36. The first-order valence-corrected chi connectivity index (χ1v) is 13.9. The van der Waals surface area contributed by atoms with Crippen molar-refractivity contribution < 1.29 is 28.2 Å². The number of nitrogens with two attached hydrogens (primary N) is 1. The summed E-state index contributed by atoms with van der Waals surface area (Å²) in [5.41, 5.74) is 4.54. The molecule has 0 aliphatic carbocycles. The molecule has 0 bridgehead atoms. The van der Waals surface area contributed by atoms with Crippen molar-refractivity contribution in [1.82, 2.24) is 20.5 Å². The summed E-state index contributed by atoms with van der Waals surface area (Å²) in [5, 5.41) is 22.5. The molecule has 0 fully saturated rings. The summed E-state index contributed by atoms with van der Waals surface area (Å²) >= 11 is 6.01. The Bertz CT molecular complexity index is 1970. The van der Waals surface area contributed by atoms with E-state index in [1.807, 2.05) is 6.92 Å². The average molecular weight is 618 g/mol. The number of halogens is 3. The van der Waals surface area contributed by atoms with Gasteiger partial charge in [0.2, 0.25) is 5.91 Å². The second-order valence-electron chi connectivity index (χ2n) is 11.0. The maximum atomic E-state index is 15.2. The van der Waals surface area contributed by atoms with Crippen molar-refractivity contribution in [1.29, 1.82) is 0 Å². The molecule has 3 aromatic carbocycles. The summed E-state index contributed by atoms with van der Waals surface area (Å²) < 4.78 is 35.2. The van der Waals surface area contributed by atoms with Crippen LogP contribution in [0, 0.1) is 18.6 Å². The minimum Gasteiger partial charge on any atom is -0.489 e. The number of carbonyl (C=O) groups is 2. The van der Waals surface area contributed by atoms with Gasteiger partial charge in [-0.05, 0) is 49.2 Å². The van der Waals surface area contributed by atoms with E-state index in [0.717, 1.165) is 22.5 Å². The Hall–Kier alpha value is -4.87. The first kappa shape index (κ1) is 29.2. The zero-order valence-electron chi connectivity index (χ0n) is 23.5. The highest BCUT2D eigenvalue weighted by Crippen LogP contribution is 2.47. The normalized spacial score (nSPS) is 17.1. The summed E-state index contributed by atoms with van der Waals surface area (Å²) in [4.78, 5) is 30.7. The molecule has 2 aromatic heterocycles. The maximum absolute atomic E-state index is 15.2. The van der Waals surface area contributed by atoms with Gasteiger partial charge in [0.25, 0.3) is 5.91 Å². The van der Waals surface area contributed by atoms with Crippen molar-refractivity contribution in [3.8, 4) is 17.0 Å². The van der Waals surface area contributed by atoms with Crippen LogP contribution in [0.1, 0.15) is 39.7 Å². The molecule has 5 N–H and O–H groups in total. The van der Waals surface area contributed by atoms with Gasteiger partial charge >= 0.3 is 0 Å². The smallest absolute Gasteiger partial charge is 0.251 e. The van der Waals surface area contributed by atoms with Crippen LogP contribution in [-0.2, 0) is 15.8 Å². The number of pyridine rings is 1. The van der Waals surface area contributed by atoms with Gasteiger partial charge in [-0.25, -0.2) is 13.8 Å². The molecular weight excluding hydrogens is 592 g/mol. The third kappa shape index (κ3) is 4.74. The number of benzene rings is 3. The number of hydrogen-bond acceptors (Lipinski definition) is 6. The maximum Gasteiger partial charge on any atom is 0.251 e.